The molecule has 1 aliphatic heterocycles. The molecule has 1 fully saturated rings. The average Bonchev–Trinajstić information content (AvgIpc) is 2.30. The highest BCUT2D eigenvalue weighted by atomic mass is 16.3. The number of aryl methyl sites for hydroxylation is 2. The van der Waals surface area contributed by atoms with E-state index in [1.807, 2.05) is 6.92 Å². The minimum atomic E-state index is -0.711. The van der Waals surface area contributed by atoms with Crippen LogP contribution < -0.4 is 5.69 Å². The van der Waals surface area contributed by atoms with Gasteiger partial charge in [0, 0.05) is 17.0 Å². The third-order valence-corrected chi connectivity index (χ3v) is 3.82. The average molecular weight is 279 g/mol. The Labute approximate surface area is 117 Å². The Bertz CT molecular complexity index is 547. The summed E-state index contributed by atoms with van der Waals surface area (Å²) in [5, 5.41) is 10.1. The van der Waals surface area contributed by atoms with E-state index in [9.17, 15) is 14.7 Å². The first-order chi connectivity index (χ1) is 9.34. The van der Waals surface area contributed by atoms with E-state index in [4.69, 9.17) is 0 Å². The van der Waals surface area contributed by atoms with Crippen molar-refractivity contribution in [2.75, 3.05) is 13.1 Å². The minimum Gasteiger partial charge on any atom is -0.386 e. The SMILES string of the molecule is CCCC1(O)CN(C(=O)Cc2c(C)nc(=O)[nH]c2C)C1. The van der Waals surface area contributed by atoms with Crippen molar-refractivity contribution in [2.45, 2.75) is 45.6 Å². The smallest absolute Gasteiger partial charge is 0.345 e. The fraction of sp³-hybridized carbons (Fsp3) is 0.643. The van der Waals surface area contributed by atoms with Crippen molar-refractivity contribution in [2.24, 2.45) is 0 Å². The Kier molecular flexibility index (Phi) is 3.94. The van der Waals surface area contributed by atoms with Crippen molar-refractivity contribution >= 4 is 5.91 Å². The zero-order valence-electron chi connectivity index (χ0n) is 12.2. The Morgan fingerprint density at radius 1 is 1.45 bits per heavy atom. The van der Waals surface area contributed by atoms with E-state index in [1.165, 1.54) is 0 Å². The predicted molar refractivity (Wildman–Crippen MR) is 74.5 cm³/mol. The number of hydrogen-bond acceptors (Lipinski definition) is 4. The number of aromatic nitrogens is 2. The summed E-state index contributed by atoms with van der Waals surface area (Å²) in [6, 6.07) is 0. The van der Waals surface area contributed by atoms with Gasteiger partial charge in [0.1, 0.15) is 0 Å². The first-order valence-electron chi connectivity index (χ1n) is 6.91. The number of H-pyrrole nitrogens is 1. The zero-order chi connectivity index (χ0) is 14.9. The summed E-state index contributed by atoms with van der Waals surface area (Å²) >= 11 is 0. The molecule has 0 atom stereocenters. The number of carbonyl (C=O) groups is 1. The Hall–Kier alpha value is -1.69. The van der Waals surface area contributed by atoms with Gasteiger partial charge in [-0.2, -0.15) is 4.98 Å². The largest absolute Gasteiger partial charge is 0.386 e. The third kappa shape index (κ3) is 2.90. The first-order valence-corrected chi connectivity index (χ1v) is 6.91. The summed E-state index contributed by atoms with van der Waals surface area (Å²) in [5.74, 6) is -0.0363. The summed E-state index contributed by atoms with van der Waals surface area (Å²) < 4.78 is 0. The molecule has 1 aromatic heterocycles. The molecule has 2 N–H and O–H groups in total. The molecule has 20 heavy (non-hydrogen) atoms. The van der Waals surface area contributed by atoms with Crippen LogP contribution in [0.15, 0.2) is 4.79 Å². The van der Waals surface area contributed by atoms with Gasteiger partial charge in [0.05, 0.1) is 25.1 Å². The van der Waals surface area contributed by atoms with Crippen LogP contribution in [0.1, 0.15) is 36.7 Å². The van der Waals surface area contributed by atoms with Crippen molar-refractivity contribution in [3.8, 4) is 0 Å². The monoisotopic (exact) mass is 279 g/mol. The number of amides is 1. The maximum absolute atomic E-state index is 12.2. The molecule has 1 saturated heterocycles. The van der Waals surface area contributed by atoms with Gasteiger partial charge >= 0.3 is 5.69 Å². The number of β-amino-alcohol motifs (C(OH)–C–C–N with tert-alkyl or cyclic N) is 1. The number of likely N-dealkylation sites (tertiary alicyclic amines) is 1. The van der Waals surface area contributed by atoms with Gasteiger partial charge in [0.2, 0.25) is 5.91 Å². The first kappa shape index (κ1) is 14.7. The Morgan fingerprint density at radius 2 is 2.10 bits per heavy atom. The normalized spacial score (nSPS) is 16.9. The second-order valence-electron chi connectivity index (χ2n) is 5.63. The molecule has 0 aliphatic carbocycles. The maximum Gasteiger partial charge on any atom is 0.345 e. The molecule has 110 valence electrons. The number of aliphatic hydroxyl groups is 1. The van der Waals surface area contributed by atoms with Crippen LogP contribution in [0.3, 0.4) is 0 Å². The van der Waals surface area contributed by atoms with Crippen LogP contribution >= 0.6 is 0 Å². The van der Waals surface area contributed by atoms with Gasteiger partial charge < -0.3 is 15.0 Å². The van der Waals surface area contributed by atoms with Gasteiger partial charge in [0.25, 0.3) is 0 Å². The van der Waals surface area contributed by atoms with Gasteiger partial charge in [-0.3, -0.25) is 4.79 Å². The number of aromatic amines is 1. The molecule has 1 amide bonds. The van der Waals surface area contributed by atoms with Crippen LogP contribution in [0.2, 0.25) is 0 Å². The molecule has 6 nitrogen and oxygen atoms in total. The topological polar surface area (TPSA) is 86.3 Å². The molecule has 2 rings (SSSR count). The zero-order valence-corrected chi connectivity index (χ0v) is 12.2. The van der Waals surface area contributed by atoms with Gasteiger partial charge in [-0.15, -0.1) is 0 Å². The van der Waals surface area contributed by atoms with E-state index >= 15 is 0 Å². The molecule has 0 bridgehead atoms. The summed E-state index contributed by atoms with van der Waals surface area (Å²) in [7, 11) is 0. The number of hydrogen-bond donors (Lipinski definition) is 2. The molecule has 0 aromatic carbocycles. The fourth-order valence-electron chi connectivity index (χ4n) is 2.74. The summed E-state index contributed by atoms with van der Waals surface area (Å²) in [4.78, 5) is 31.5. The molecule has 1 aromatic rings. The molecular formula is C14H21N3O3. The second kappa shape index (κ2) is 5.36. The quantitative estimate of drug-likeness (QED) is 0.830. The number of nitrogens with zero attached hydrogens (tertiary/aromatic N) is 2. The second-order valence-corrected chi connectivity index (χ2v) is 5.63. The van der Waals surface area contributed by atoms with Gasteiger partial charge in [-0.05, 0) is 20.3 Å². The maximum atomic E-state index is 12.2. The van der Waals surface area contributed by atoms with Crippen molar-refractivity contribution in [1.82, 2.24) is 14.9 Å². The lowest BCUT2D eigenvalue weighted by molar-refractivity contribution is -0.155. The summed E-state index contributed by atoms with van der Waals surface area (Å²) in [6.07, 6.45) is 1.83. The van der Waals surface area contributed by atoms with E-state index in [1.54, 1.807) is 18.7 Å². The highest BCUT2D eigenvalue weighted by molar-refractivity contribution is 5.80. The molecule has 0 radical (unpaired) electrons. The fourth-order valence-corrected chi connectivity index (χ4v) is 2.74. The molecule has 1 aliphatic rings. The van der Waals surface area contributed by atoms with Gasteiger partial charge in [0.15, 0.2) is 0 Å². The van der Waals surface area contributed by atoms with Crippen LogP contribution in [0.25, 0.3) is 0 Å². The summed E-state index contributed by atoms with van der Waals surface area (Å²) in [5.41, 5.74) is 0.930. The Balaban J connectivity index is 2.02. The van der Waals surface area contributed by atoms with Crippen molar-refractivity contribution in [1.29, 1.82) is 0 Å². The van der Waals surface area contributed by atoms with Gasteiger partial charge in [-0.25, -0.2) is 4.79 Å². The summed E-state index contributed by atoms with van der Waals surface area (Å²) in [6.45, 7) is 6.31. The lowest BCUT2D eigenvalue weighted by atomic mass is 9.88. The van der Waals surface area contributed by atoms with Crippen LogP contribution in [0.5, 0.6) is 0 Å². The van der Waals surface area contributed by atoms with Crippen LogP contribution in [0.4, 0.5) is 0 Å². The predicted octanol–water partition coefficient (Wildman–Crippen LogP) is 0.303. The third-order valence-electron chi connectivity index (χ3n) is 3.82. The van der Waals surface area contributed by atoms with E-state index in [2.05, 4.69) is 9.97 Å². The molecule has 6 heteroatoms. The van der Waals surface area contributed by atoms with E-state index in [0.29, 0.717) is 24.5 Å². The lowest BCUT2D eigenvalue weighted by Gasteiger charge is -2.46. The molecule has 2 heterocycles. The highest BCUT2D eigenvalue weighted by Crippen LogP contribution is 2.26. The number of rotatable bonds is 4. The number of nitrogens with one attached hydrogen (secondary N) is 1. The molecule has 0 unspecified atom stereocenters. The Morgan fingerprint density at radius 3 is 2.65 bits per heavy atom. The lowest BCUT2D eigenvalue weighted by Crippen LogP contribution is -2.63. The van der Waals surface area contributed by atoms with Crippen LogP contribution in [0, 0.1) is 13.8 Å². The van der Waals surface area contributed by atoms with E-state index in [-0.39, 0.29) is 12.3 Å². The van der Waals surface area contributed by atoms with E-state index < -0.39 is 11.3 Å². The van der Waals surface area contributed by atoms with Crippen LogP contribution in [-0.2, 0) is 11.2 Å². The molecule has 0 saturated carbocycles. The number of carbonyl (C=O) groups excluding carboxylic acids is 1. The van der Waals surface area contributed by atoms with Crippen molar-refractivity contribution < 1.29 is 9.90 Å². The molecular weight excluding hydrogens is 258 g/mol. The van der Waals surface area contributed by atoms with E-state index in [0.717, 1.165) is 18.4 Å². The minimum absolute atomic E-state index is 0.0363. The standard InChI is InChI=1S/C14H21N3O3/c1-4-5-14(20)7-17(8-14)12(18)6-11-9(2)15-13(19)16-10(11)3/h20H,4-8H2,1-3H3,(H,15,16,19). The van der Waals surface area contributed by atoms with Crippen molar-refractivity contribution in [3.05, 3.63) is 27.4 Å². The molecule has 0 spiro atoms. The highest BCUT2D eigenvalue weighted by Gasteiger charge is 2.42. The van der Waals surface area contributed by atoms with Gasteiger partial charge in [-0.1, -0.05) is 13.3 Å². The van der Waals surface area contributed by atoms with Crippen molar-refractivity contribution in [3.63, 3.8) is 0 Å². The van der Waals surface area contributed by atoms with Crippen LogP contribution in [-0.4, -0.2) is 44.6 Å².